The van der Waals surface area contributed by atoms with Crippen molar-refractivity contribution in [3.63, 3.8) is 0 Å². The van der Waals surface area contributed by atoms with Gasteiger partial charge >= 0.3 is 11.9 Å². The van der Waals surface area contributed by atoms with E-state index in [1.165, 1.54) is 26.3 Å². The van der Waals surface area contributed by atoms with Crippen molar-refractivity contribution >= 4 is 29.3 Å². The number of carbonyl (C=O) groups is 3. The third-order valence-electron chi connectivity index (χ3n) is 6.47. The van der Waals surface area contributed by atoms with Gasteiger partial charge in [-0.2, -0.15) is 0 Å². The highest BCUT2D eigenvalue weighted by molar-refractivity contribution is 6.30. The van der Waals surface area contributed by atoms with Gasteiger partial charge in [0.05, 0.1) is 13.0 Å². The molecule has 3 atom stereocenters. The Kier molecular flexibility index (Phi) is 12.0. The third-order valence-corrected chi connectivity index (χ3v) is 6.73. The molecule has 0 spiro atoms. The van der Waals surface area contributed by atoms with Crippen LogP contribution >= 0.6 is 11.6 Å². The molecule has 0 N–H and O–H groups in total. The molecule has 0 aliphatic rings. The first-order valence-electron chi connectivity index (χ1n) is 12.9. The molecule has 208 valence electrons. The summed E-state index contributed by atoms with van der Waals surface area (Å²) in [6.45, 7) is 10.9. The van der Waals surface area contributed by atoms with E-state index in [1.807, 2.05) is 13.8 Å². The van der Waals surface area contributed by atoms with Crippen LogP contribution in [0.25, 0.3) is 0 Å². The molecule has 9 heteroatoms. The molecule has 0 saturated carbocycles. The number of nitrogens with zero attached hydrogens (tertiary/aromatic N) is 1. The van der Waals surface area contributed by atoms with E-state index in [4.69, 9.17) is 30.5 Å². The minimum Gasteiger partial charge on any atom is -0.493 e. The Bertz CT molecular complexity index is 1080. The van der Waals surface area contributed by atoms with E-state index >= 15 is 0 Å². The summed E-state index contributed by atoms with van der Waals surface area (Å²) in [4.78, 5) is 42.4. The lowest BCUT2D eigenvalue weighted by atomic mass is 9.89. The van der Waals surface area contributed by atoms with E-state index in [0.29, 0.717) is 10.8 Å². The largest absolute Gasteiger partial charge is 0.493 e. The van der Waals surface area contributed by atoms with Crippen molar-refractivity contribution in [1.29, 1.82) is 0 Å². The van der Waals surface area contributed by atoms with Gasteiger partial charge in [-0.1, -0.05) is 39.3 Å². The molecule has 38 heavy (non-hydrogen) atoms. The van der Waals surface area contributed by atoms with Crippen molar-refractivity contribution in [3.05, 3.63) is 47.2 Å². The van der Waals surface area contributed by atoms with Gasteiger partial charge in [0, 0.05) is 30.6 Å². The Morgan fingerprint density at radius 1 is 1.00 bits per heavy atom. The van der Waals surface area contributed by atoms with Crippen LogP contribution in [0.15, 0.2) is 36.5 Å². The van der Waals surface area contributed by atoms with E-state index in [-0.39, 0.29) is 35.4 Å². The molecule has 0 radical (unpaired) electrons. The van der Waals surface area contributed by atoms with E-state index in [0.717, 1.165) is 12.8 Å². The van der Waals surface area contributed by atoms with Crippen molar-refractivity contribution in [2.75, 3.05) is 7.11 Å². The van der Waals surface area contributed by atoms with Crippen LogP contribution in [0.5, 0.6) is 17.2 Å². The quantitative estimate of drug-likeness (QED) is 0.200. The summed E-state index contributed by atoms with van der Waals surface area (Å²) in [5.74, 6) is -1.64. The average molecular weight is 548 g/mol. The summed E-state index contributed by atoms with van der Waals surface area (Å²) in [5, 5.41) is 0.600. The van der Waals surface area contributed by atoms with Gasteiger partial charge in [-0.15, -0.1) is 0 Å². The lowest BCUT2D eigenvalue weighted by Gasteiger charge is -2.32. The van der Waals surface area contributed by atoms with Crippen LogP contribution < -0.4 is 14.2 Å². The maximum absolute atomic E-state index is 13.4. The number of rotatable bonds is 14. The minimum absolute atomic E-state index is 0.0677. The minimum atomic E-state index is -0.749. The van der Waals surface area contributed by atoms with E-state index in [9.17, 15) is 14.4 Å². The highest BCUT2D eigenvalue weighted by Crippen LogP contribution is 2.32. The SMILES string of the molecule is CCC(CC)[C@@H](Oc1ccc(Cl)cc1)[C@H](C)OC(=O)[C@@H](CC(=O)c1nccc(OC)c1OC(C)=O)C(C)C. The number of halogens is 1. The van der Waals surface area contributed by atoms with Crippen LogP contribution in [0.1, 0.15) is 71.3 Å². The zero-order valence-corrected chi connectivity index (χ0v) is 23.9. The average Bonchev–Trinajstić information content (AvgIpc) is 2.87. The zero-order chi connectivity index (χ0) is 28.4. The highest BCUT2D eigenvalue weighted by Gasteiger charge is 2.34. The molecule has 0 aliphatic carbocycles. The van der Waals surface area contributed by atoms with Crippen molar-refractivity contribution in [2.45, 2.75) is 73.0 Å². The number of methoxy groups -OCH3 is 1. The Morgan fingerprint density at radius 3 is 2.16 bits per heavy atom. The van der Waals surface area contributed by atoms with E-state index in [2.05, 4.69) is 18.8 Å². The fraction of sp³-hybridized carbons (Fsp3) is 0.517. The fourth-order valence-electron chi connectivity index (χ4n) is 4.26. The molecule has 1 aromatic heterocycles. The lowest BCUT2D eigenvalue weighted by Crippen LogP contribution is -2.41. The highest BCUT2D eigenvalue weighted by atomic mass is 35.5. The molecule has 2 rings (SSSR count). The van der Waals surface area contributed by atoms with Gasteiger partial charge in [0.25, 0.3) is 0 Å². The molecule has 8 nitrogen and oxygen atoms in total. The smallest absolute Gasteiger partial charge is 0.310 e. The summed E-state index contributed by atoms with van der Waals surface area (Å²) in [6.07, 6.45) is 1.91. The molecule has 0 bridgehead atoms. The Labute approximate surface area is 230 Å². The van der Waals surface area contributed by atoms with Gasteiger partial charge in [0.15, 0.2) is 17.2 Å². The fourth-order valence-corrected chi connectivity index (χ4v) is 4.38. The zero-order valence-electron chi connectivity index (χ0n) is 23.2. The van der Waals surface area contributed by atoms with Crippen LogP contribution in [0.4, 0.5) is 0 Å². The second-order valence-corrected chi connectivity index (χ2v) is 9.95. The Morgan fingerprint density at radius 2 is 1.63 bits per heavy atom. The number of aromatic nitrogens is 1. The Balaban J connectivity index is 2.25. The maximum Gasteiger partial charge on any atom is 0.310 e. The normalized spacial score (nSPS) is 13.5. The topological polar surface area (TPSA) is 101 Å². The summed E-state index contributed by atoms with van der Waals surface area (Å²) in [6, 6.07) is 8.54. The van der Waals surface area contributed by atoms with Gasteiger partial charge in [-0.3, -0.25) is 14.4 Å². The van der Waals surface area contributed by atoms with Gasteiger partial charge in [0.2, 0.25) is 5.75 Å². The number of carbonyl (C=O) groups excluding carboxylic acids is 3. The molecule has 1 heterocycles. The third kappa shape index (κ3) is 8.45. The number of benzene rings is 1. The van der Waals surface area contributed by atoms with Crippen LogP contribution in [0.3, 0.4) is 0 Å². The van der Waals surface area contributed by atoms with E-state index < -0.39 is 35.8 Å². The van der Waals surface area contributed by atoms with Crippen LogP contribution in [-0.2, 0) is 14.3 Å². The van der Waals surface area contributed by atoms with Crippen molar-refractivity contribution in [2.24, 2.45) is 17.8 Å². The first-order valence-corrected chi connectivity index (χ1v) is 13.3. The standard InChI is InChI=1S/C29H38ClNO7/c1-8-20(9-2)27(38-22-12-10-21(30)11-13-22)18(5)36-29(34)23(17(3)4)16-24(33)26-28(37-19(6)32)25(35-7)14-15-31-26/h10-15,17-18,20,23,27H,8-9,16H2,1-7H3/t18-,23-,27-/m0/s1. The first kappa shape index (κ1) is 31.1. The molecular weight excluding hydrogens is 510 g/mol. The summed E-state index contributed by atoms with van der Waals surface area (Å²) >= 11 is 6.01. The second kappa shape index (κ2) is 14.7. The van der Waals surface area contributed by atoms with Crippen LogP contribution in [0.2, 0.25) is 5.02 Å². The summed E-state index contributed by atoms with van der Waals surface area (Å²) < 4.78 is 22.6. The molecule has 0 saturated heterocycles. The molecule has 0 fully saturated rings. The first-order chi connectivity index (χ1) is 18.0. The Hall–Kier alpha value is -3.13. The number of ketones is 1. The summed E-state index contributed by atoms with van der Waals surface area (Å²) in [5.41, 5.74) is -0.0768. The van der Waals surface area contributed by atoms with Crippen LogP contribution in [-0.4, -0.2) is 42.0 Å². The predicted molar refractivity (Wildman–Crippen MR) is 145 cm³/mol. The maximum atomic E-state index is 13.4. The number of ether oxygens (including phenoxy) is 4. The van der Waals surface area contributed by atoms with Crippen molar-refractivity contribution < 1.29 is 33.3 Å². The van der Waals surface area contributed by atoms with Gasteiger partial charge < -0.3 is 18.9 Å². The van der Waals surface area contributed by atoms with E-state index in [1.54, 1.807) is 31.2 Å². The van der Waals surface area contributed by atoms with Crippen molar-refractivity contribution in [1.82, 2.24) is 4.98 Å². The van der Waals surface area contributed by atoms with Gasteiger partial charge in [0.1, 0.15) is 18.0 Å². The number of pyridine rings is 1. The number of esters is 2. The molecule has 0 amide bonds. The number of hydrogen-bond donors (Lipinski definition) is 0. The molecule has 0 unspecified atom stereocenters. The van der Waals surface area contributed by atoms with Gasteiger partial charge in [-0.25, -0.2) is 4.98 Å². The molecular formula is C29H38ClNO7. The summed E-state index contributed by atoms with van der Waals surface area (Å²) in [7, 11) is 1.40. The van der Waals surface area contributed by atoms with Gasteiger partial charge in [-0.05, 0) is 55.9 Å². The lowest BCUT2D eigenvalue weighted by molar-refractivity contribution is -0.161. The molecule has 2 aromatic rings. The monoisotopic (exact) mass is 547 g/mol. The second-order valence-electron chi connectivity index (χ2n) is 9.52. The molecule has 1 aromatic carbocycles. The molecule has 0 aliphatic heterocycles. The number of hydrogen-bond acceptors (Lipinski definition) is 8. The predicted octanol–water partition coefficient (Wildman–Crippen LogP) is 6.33. The van der Waals surface area contributed by atoms with Crippen LogP contribution in [0, 0.1) is 17.8 Å². The van der Waals surface area contributed by atoms with Crippen molar-refractivity contribution in [3.8, 4) is 17.2 Å². The number of Topliss-reactive ketones (excluding diaryl/α,β-unsaturated/α-hetero) is 1.